The Balaban J connectivity index is 2.16. The molecule has 0 saturated heterocycles. The topological polar surface area (TPSA) is 51.5 Å². The van der Waals surface area contributed by atoms with Crippen LogP contribution < -0.4 is 10.1 Å². The minimum Gasteiger partial charge on any atom is -0.497 e. The van der Waals surface area contributed by atoms with E-state index in [-0.39, 0.29) is 17.9 Å². The molecule has 1 heterocycles. The van der Waals surface area contributed by atoms with Crippen molar-refractivity contribution in [3.63, 3.8) is 0 Å². The first kappa shape index (κ1) is 15.6. The fourth-order valence-corrected chi connectivity index (χ4v) is 2.40. The molecule has 0 aliphatic rings. The van der Waals surface area contributed by atoms with Gasteiger partial charge in [0.25, 0.3) is 5.91 Å². The molecule has 1 aromatic carbocycles. The molecule has 0 radical (unpaired) electrons. The third kappa shape index (κ3) is 3.88. The molecule has 0 bridgehead atoms. The predicted octanol–water partition coefficient (Wildman–Crippen LogP) is 4.18. The highest BCUT2D eigenvalue weighted by atomic mass is 79.9. The third-order valence-electron chi connectivity index (χ3n) is 3.23. The van der Waals surface area contributed by atoms with Gasteiger partial charge in [-0.3, -0.25) is 4.79 Å². The molecule has 0 aliphatic carbocycles. The highest BCUT2D eigenvalue weighted by Crippen LogP contribution is 2.25. The molecule has 1 unspecified atom stereocenters. The van der Waals surface area contributed by atoms with E-state index in [1.807, 2.05) is 24.3 Å². The van der Waals surface area contributed by atoms with Crippen LogP contribution in [0.4, 0.5) is 0 Å². The number of hydrogen-bond acceptors (Lipinski definition) is 3. The number of rotatable bonds is 5. The van der Waals surface area contributed by atoms with Gasteiger partial charge in [-0.2, -0.15) is 0 Å². The lowest BCUT2D eigenvalue weighted by molar-refractivity contribution is 0.0896. The van der Waals surface area contributed by atoms with Crippen LogP contribution in [0.1, 0.15) is 36.0 Å². The smallest absolute Gasteiger partial charge is 0.287 e. The van der Waals surface area contributed by atoms with Gasteiger partial charge in [-0.25, -0.2) is 0 Å². The highest BCUT2D eigenvalue weighted by molar-refractivity contribution is 9.10. The van der Waals surface area contributed by atoms with Gasteiger partial charge in [-0.1, -0.05) is 26.0 Å². The average molecular weight is 352 g/mol. The van der Waals surface area contributed by atoms with Crippen molar-refractivity contribution in [1.29, 1.82) is 0 Å². The van der Waals surface area contributed by atoms with Gasteiger partial charge in [0.05, 0.1) is 13.2 Å². The first-order valence-corrected chi connectivity index (χ1v) is 7.50. The molecule has 1 atom stereocenters. The van der Waals surface area contributed by atoms with Crippen LogP contribution in [-0.4, -0.2) is 13.0 Å². The molecular weight excluding hydrogens is 334 g/mol. The quantitative estimate of drug-likeness (QED) is 0.878. The summed E-state index contributed by atoms with van der Waals surface area (Å²) < 4.78 is 11.0. The summed E-state index contributed by atoms with van der Waals surface area (Å²) in [6.45, 7) is 4.13. The van der Waals surface area contributed by atoms with E-state index in [4.69, 9.17) is 9.15 Å². The van der Waals surface area contributed by atoms with Gasteiger partial charge in [0.15, 0.2) is 10.4 Å². The minimum atomic E-state index is -0.227. The molecule has 2 aromatic rings. The van der Waals surface area contributed by atoms with Crippen molar-refractivity contribution in [3.05, 3.63) is 52.4 Å². The Bertz CT molecular complexity index is 604. The molecular formula is C16H18BrNO3. The summed E-state index contributed by atoms with van der Waals surface area (Å²) in [4.78, 5) is 12.2. The summed E-state index contributed by atoms with van der Waals surface area (Å²) in [5.41, 5.74) is 1.03. The van der Waals surface area contributed by atoms with E-state index in [2.05, 4.69) is 35.1 Å². The number of benzene rings is 1. The monoisotopic (exact) mass is 351 g/mol. The number of carbonyl (C=O) groups is 1. The molecule has 0 aliphatic heterocycles. The van der Waals surface area contributed by atoms with Crippen LogP contribution in [0.15, 0.2) is 45.5 Å². The molecule has 1 amide bonds. The molecule has 2 rings (SSSR count). The van der Waals surface area contributed by atoms with E-state index in [1.54, 1.807) is 19.2 Å². The van der Waals surface area contributed by atoms with Crippen molar-refractivity contribution >= 4 is 21.8 Å². The Kier molecular flexibility index (Phi) is 5.07. The molecule has 0 fully saturated rings. The second-order valence-corrected chi connectivity index (χ2v) is 5.85. The van der Waals surface area contributed by atoms with E-state index in [1.165, 1.54) is 0 Å². The number of hydrogen-bond donors (Lipinski definition) is 1. The zero-order chi connectivity index (χ0) is 15.4. The Labute approximate surface area is 132 Å². The number of methoxy groups -OCH3 is 1. The molecule has 1 aromatic heterocycles. The van der Waals surface area contributed by atoms with E-state index in [9.17, 15) is 4.79 Å². The number of amides is 1. The van der Waals surface area contributed by atoms with Crippen molar-refractivity contribution < 1.29 is 13.9 Å². The lowest BCUT2D eigenvalue weighted by Gasteiger charge is -2.22. The molecule has 0 spiro atoms. The summed E-state index contributed by atoms with van der Waals surface area (Å²) in [7, 11) is 1.63. The normalized spacial score (nSPS) is 12.2. The number of carbonyl (C=O) groups excluding carboxylic acids is 1. The minimum absolute atomic E-state index is 0.0905. The van der Waals surface area contributed by atoms with Crippen molar-refractivity contribution in [1.82, 2.24) is 5.32 Å². The third-order valence-corrected chi connectivity index (χ3v) is 3.65. The van der Waals surface area contributed by atoms with Gasteiger partial charge in [-0.05, 0) is 51.7 Å². The summed E-state index contributed by atoms with van der Waals surface area (Å²) in [5.74, 6) is 1.11. The van der Waals surface area contributed by atoms with Crippen molar-refractivity contribution in [3.8, 4) is 5.75 Å². The standard InChI is InChI=1S/C16H18BrNO3/c1-10(2)15(11-4-6-12(20-3)7-5-11)18-16(19)13-8-9-14(17)21-13/h4-10,15H,1-3H3,(H,18,19). The summed E-state index contributed by atoms with van der Waals surface area (Å²) >= 11 is 3.20. The van der Waals surface area contributed by atoms with E-state index < -0.39 is 0 Å². The fraction of sp³-hybridized carbons (Fsp3) is 0.312. The van der Waals surface area contributed by atoms with Crippen LogP contribution in [0.25, 0.3) is 0 Å². The van der Waals surface area contributed by atoms with Crippen molar-refractivity contribution in [2.75, 3.05) is 7.11 Å². The summed E-state index contributed by atoms with van der Waals surface area (Å²) in [6, 6.07) is 11.0. The predicted molar refractivity (Wildman–Crippen MR) is 84.4 cm³/mol. The fourth-order valence-electron chi connectivity index (χ4n) is 2.09. The SMILES string of the molecule is COc1ccc(C(NC(=O)c2ccc(Br)o2)C(C)C)cc1. The molecule has 4 nitrogen and oxygen atoms in total. The molecule has 21 heavy (non-hydrogen) atoms. The molecule has 5 heteroatoms. The molecule has 1 N–H and O–H groups in total. The van der Waals surface area contributed by atoms with Crippen LogP contribution in [-0.2, 0) is 0 Å². The number of nitrogens with one attached hydrogen (secondary N) is 1. The maximum atomic E-state index is 12.2. The van der Waals surface area contributed by atoms with Gasteiger partial charge in [0, 0.05) is 0 Å². The highest BCUT2D eigenvalue weighted by Gasteiger charge is 2.20. The van der Waals surface area contributed by atoms with Gasteiger partial charge >= 0.3 is 0 Å². The Morgan fingerprint density at radius 1 is 1.19 bits per heavy atom. The van der Waals surface area contributed by atoms with E-state index >= 15 is 0 Å². The summed E-state index contributed by atoms with van der Waals surface area (Å²) in [5, 5.41) is 3.01. The van der Waals surface area contributed by atoms with Crippen LogP contribution in [0.5, 0.6) is 5.75 Å². The molecule has 0 saturated carbocycles. The number of halogens is 1. The van der Waals surface area contributed by atoms with Crippen LogP contribution in [0.3, 0.4) is 0 Å². The van der Waals surface area contributed by atoms with Crippen LogP contribution in [0, 0.1) is 5.92 Å². The Hall–Kier alpha value is -1.75. The maximum Gasteiger partial charge on any atom is 0.287 e. The second-order valence-electron chi connectivity index (χ2n) is 5.07. The lowest BCUT2D eigenvalue weighted by Crippen LogP contribution is -2.31. The first-order valence-electron chi connectivity index (χ1n) is 6.71. The lowest BCUT2D eigenvalue weighted by atomic mass is 9.96. The number of furan rings is 1. The van der Waals surface area contributed by atoms with E-state index in [0.717, 1.165) is 11.3 Å². The molecule has 112 valence electrons. The Morgan fingerprint density at radius 2 is 1.86 bits per heavy atom. The number of ether oxygens (including phenoxy) is 1. The van der Waals surface area contributed by atoms with Gasteiger partial charge in [0.1, 0.15) is 5.75 Å². The van der Waals surface area contributed by atoms with E-state index in [0.29, 0.717) is 10.4 Å². The summed E-state index contributed by atoms with van der Waals surface area (Å²) in [6.07, 6.45) is 0. The zero-order valence-corrected chi connectivity index (χ0v) is 13.8. The van der Waals surface area contributed by atoms with Crippen molar-refractivity contribution in [2.24, 2.45) is 5.92 Å². The second kappa shape index (κ2) is 6.80. The maximum absolute atomic E-state index is 12.2. The largest absolute Gasteiger partial charge is 0.497 e. The van der Waals surface area contributed by atoms with Crippen LogP contribution in [0.2, 0.25) is 0 Å². The van der Waals surface area contributed by atoms with Crippen molar-refractivity contribution in [2.45, 2.75) is 19.9 Å². The first-order chi connectivity index (χ1) is 10.0. The van der Waals surface area contributed by atoms with Gasteiger partial charge < -0.3 is 14.5 Å². The van der Waals surface area contributed by atoms with Gasteiger partial charge in [0.2, 0.25) is 0 Å². The average Bonchev–Trinajstić information content (AvgIpc) is 2.91. The Morgan fingerprint density at radius 3 is 2.33 bits per heavy atom. The zero-order valence-electron chi connectivity index (χ0n) is 12.2. The van der Waals surface area contributed by atoms with Crippen LogP contribution >= 0.6 is 15.9 Å². The van der Waals surface area contributed by atoms with Gasteiger partial charge in [-0.15, -0.1) is 0 Å².